The lowest BCUT2D eigenvalue weighted by molar-refractivity contribution is -0.119. The van der Waals surface area contributed by atoms with Gasteiger partial charge in [0.15, 0.2) is 6.61 Å². The minimum absolute atomic E-state index is 0.0335. The molecule has 0 saturated heterocycles. The summed E-state index contributed by atoms with van der Waals surface area (Å²) in [6.45, 7) is -0.680. The van der Waals surface area contributed by atoms with E-state index in [0.717, 1.165) is 4.31 Å². The van der Waals surface area contributed by atoms with Crippen LogP contribution in [0.3, 0.4) is 0 Å². The van der Waals surface area contributed by atoms with E-state index in [9.17, 15) is 18.0 Å². The molecule has 0 bridgehead atoms. The van der Waals surface area contributed by atoms with Crippen LogP contribution < -0.4 is 19.8 Å². The zero-order valence-electron chi connectivity index (χ0n) is 21.1. The Morgan fingerprint density at radius 3 is 2.20 bits per heavy atom. The Morgan fingerprint density at radius 1 is 0.850 bits per heavy atom. The molecule has 0 aliphatic heterocycles. The molecule has 204 valence electrons. The molecule has 0 fully saturated rings. The average Bonchev–Trinajstić information content (AvgIpc) is 2.96. The Balaban J connectivity index is 1.34. The topological polar surface area (TPSA) is 117 Å². The first-order chi connectivity index (χ1) is 19.3. The number of anilines is 2. The summed E-state index contributed by atoms with van der Waals surface area (Å²) in [5, 5.41) is 7.00. The summed E-state index contributed by atoms with van der Waals surface area (Å²) in [6.07, 6.45) is 1.40. The standard InChI is InChI=1S/C29H25ClN4O5S/c30-23-8-7-11-25(18-23)34(40(37,38)27-12-5-2-6-13-27)20-28(35)33-31-19-22-14-16-26(17-15-22)39-21-29(36)32-24-9-3-1-4-10-24/h1-19H,20-21H2,(H,32,36)(H,33,35)/b31-19-. The van der Waals surface area contributed by atoms with Crippen LogP contribution in [-0.4, -0.2) is 39.6 Å². The van der Waals surface area contributed by atoms with Gasteiger partial charge < -0.3 is 10.1 Å². The molecule has 0 spiro atoms. The van der Waals surface area contributed by atoms with Crippen molar-refractivity contribution in [3.63, 3.8) is 0 Å². The molecule has 2 N–H and O–H groups in total. The van der Waals surface area contributed by atoms with Gasteiger partial charge in [-0.1, -0.05) is 54.1 Å². The van der Waals surface area contributed by atoms with Crippen molar-refractivity contribution in [1.82, 2.24) is 5.43 Å². The number of amides is 2. The van der Waals surface area contributed by atoms with Crippen molar-refractivity contribution in [3.8, 4) is 5.75 Å². The minimum atomic E-state index is -4.06. The summed E-state index contributed by atoms with van der Waals surface area (Å²) < 4.78 is 33.1. The molecule has 0 radical (unpaired) electrons. The SMILES string of the molecule is O=C(CN(c1cccc(Cl)c1)S(=O)(=O)c1ccccc1)N/N=C\c1ccc(OCC(=O)Nc2ccccc2)cc1. The normalized spacial score (nSPS) is 11.1. The van der Waals surface area contributed by atoms with E-state index >= 15 is 0 Å². The molecule has 11 heteroatoms. The van der Waals surface area contributed by atoms with Gasteiger partial charge in [-0.2, -0.15) is 5.10 Å². The number of nitrogens with zero attached hydrogens (tertiary/aromatic N) is 2. The van der Waals surface area contributed by atoms with Gasteiger partial charge in [0.05, 0.1) is 16.8 Å². The van der Waals surface area contributed by atoms with E-state index in [-0.39, 0.29) is 23.1 Å². The van der Waals surface area contributed by atoms with Gasteiger partial charge in [-0.05, 0) is 72.3 Å². The van der Waals surface area contributed by atoms with Gasteiger partial charge in [-0.3, -0.25) is 13.9 Å². The van der Waals surface area contributed by atoms with Gasteiger partial charge in [-0.25, -0.2) is 13.8 Å². The number of sulfonamides is 1. The maximum absolute atomic E-state index is 13.3. The van der Waals surface area contributed by atoms with Crippen LogP contribution in [0.25, 0.3) is 0 Å². The van der Waals surface area contributed by atoms with Gasteiger partial charge in [-0.15, -0.1) is 0 Å². The van der Waals surface area contributed by atoms with E-state index in [2.05, 4.69) is 15.8 Å². The average molecular weight is 577 g/mol. The van der Waals surface area contributed by atoms with Crippen LogP contribution in [0.2, 0.25) is 5.02 Å². The van der Waals surface area contributed by atoms with Crippen LogP contribution in [0, 0.1) is 0 Å². The largest absolute Gasteiger partial charge is 0.484 e. The Morgan fingerprint density at radius 2 is 1.52 bits per heavy atom. The molecule has 2 amide bonds. The van der Waals surface area contributed by atoms with Crippen molar-refractivity contribution in [3.05, 3.63) is 120 Å². The fraction of sp³-hybridized carbons (Fsp3) is 0.0690. The summed E-state index contributed by atoms with van der Waals surface area (Å²) in [7, 11) is -4.06. The predicted octanol–water partition coefficient (Wildman–Crippen LogP) is 4.70. The summed E-state index contributed by atoms with van der Waals surface area (Å²) in [6, 6.07) is 29.8. The number of halogens is 1. The van der Waals surface area contributed by atoms with Crippen LogP contribution in [0.4, 0.5) is 11.4 Å². The molecule has 0 heterocycles. The third-order valence-electron chi connectivity index (χ3n) is 5.43. The summed E-state index contributed by atoms with van der Waals surface area (Å²) in [5.41, 5.74) is 3.92. The van der Waals surface area contributed by atoms with Crippen molar-refractivity contribution in [1.29, 1.82) is 0 Å². The van der Waals surface area contributed by atoms with Gasteiger partial charge >= 0.3 is 0 Å². The third-order valence-corrected chi connectivity index (χ3v) is 7.45. The molecular weight excluding hydrogens is 552 g/mol. The van der Waals surface area contributed by atoms with Gasteiger partial charge in [0.2, 0.25) is 0 Å². The van der Waals surface area contributed by atoms with Gasteiger partial charge in [0, 0.05) is 10.7 Å². The van der Waals surface area contributed by atoms with E-state index in [1.165, 1.54) is 24.4 Å². The van der Waals surface area contributed by atoms with Crippen molar-refractivity contribution >= 4 is 51.0 Å². The molecule has 40 heavy (non-hydrogen) atoms. The van der Waals surface area contributed by atoms with Crippen LogP contribution in [0.15, 0.2) is 119 Å². The van der Waals surface area contributed by atoms with Crippen LogP contribution in [0.1, 0.15) is 5.56 Å². The molecule has 4 aromatic rings. The number of rotatable bonds is 11. The summed E-state index contributed by atoms with van der Waals surface area (Å²) in [4.78, 5) is 24.8. The van der Waals surface area contributed by atoms with Gasteiger partial charge in [0.25, 0.3) is 21.8 Å². The Labute approximate surface area is 237 Å². The minimum Gasteiger partial charge on any atom is -0.484 e. The summed E-state index contributed by atoms with van der Waals surface area (Å²) >= 11 is 6.08. The van der Waals surface area contributed by atoms with E-state index < -0.39 is 22.5 Å². The Bertz CT molecular complexity index is 1580. The number of hydrogen-bond donors (Lipinski definition) is 2. The van der Waals surface area contributed by atoms with E-state index in [4.69, 9.17) is 16.3 Å². The van der Waals surface area contributed by atoms with Crippen molar-refractivity contribution in [2.24, 2.45) is 5.10 Å². The lowest BCUT2D eigenvalue weighted by Gasteiger charge is -2.23. The second kappa shape index (κ2) is 13.4. The fourth-order valence-corrected chi connectivity index (χ4v) is 5.15. The number of benzene rings is 4. The highest BCUT2D eigenvalue weighted by atomic mass is 35.5. The second-order valence-corrected chi connectivity index (χ2v) is 10.7. The highest BCUT2D eigenvalue weighted by molar-refractivity contribution is 7.92. The zero-order chi connectivity index (χ0) is 28.4. The number of hydrazone groups is 1. The van der Waals surface area contributed by atoms with Crippen molar-refractivity contribution in [2.75, 3.05) is 22.8 Å². The number of nitrogens with one attached hydrogen (secondary N) is 2. The molecule has 0 atom stereocenters. The van der Waals surface area contributed by atoms with E-state index in [0.29, 0.717) is 22.0 Å². The Hall–Kier alpha value is -4.67. The molecule has 0 aliphatic carbocycles. The Kier molecular flexibility index (Phi) is 9.50. The first-order valence-electron chi connectivity index (χ1n) is 12.0. The number of carbonyl (C=O) groups is 2. The lowest BCUT2D eigenvalue weighted by atomic mass is 10.2. The maximum Gasteiger partial charge on any atom is 0.264 e. The van der Waals surface area contributed by atoms with E-state index in [1.807, 2.05) is 18.2 Å². The van der Waals surface area contributed by atoms with Crippen LogP contribution in [-0.2, 0) is 19.6 Å². The first-order valence-corrected chi connectivity index (χ1v) is 13.9. The smallest absolute Gasteiger partial charge is 0.264 e. The van der Waals surface area contributed by atoms with E-state index in [1.54, 1.807) is 72.8 Å². The number of ether oxygens (including phenoxy) is 1. The molecule has 4 rings (SSSR count). The van der Waals surface area contributed by atoms with Crippen LogP contribution >= 0.6 is 11.6 Å². The van der Waals surface area contributed by atoms with Crippen LogP contribution in [0.5, 0.6) is 5.75 Å². The third kappa shape index (κ3) is 7.92. The molecule has 4 aromatic carbocycles. The monoisotopic (exact) mass is 576 g/mol. The second-order valence-electron chi connectivity index (χ2n) is 8.37. The molecule has 0 aromatic heterocycles. The lowest BCUT2D eigenvalue weighted by Crippen LogP contribution is -2.39. The predicted molar refractivity (Wildman–Crippen MR) is 155 cm³/mol. The quantitative estimate of drug-likeness (QED) is 0.198. The fourth-order valence-electron chi connectivity index (χ4n) is 3.53. The number of para-hydroxylation sites is 1. The van der Waals surface area contributed by atoms with Crippen molar-refractivity contribution in [2.45, 2.75) is 4.90 Å². The van der Waals surface area contributed by atoms with Crippen molar-refractivity contribution < 1.29 is 22.7 Å². The van der Waals surface area contributed by atoms with Gasteiger partial charge in [0.1, 0.15) is 12.3 Å². The molecule has 9 nitrogen and oxygen atoms in total. The highest BCUT2D eigenvalue weighted by Crippen LogP contribution is 2.26. The molecular formula is C29H25ClN4O5S. The number of hydrogen-bond acceptors (Lipinski definition) is 6. The maximum atomic E-state index is 13.3. The molecule has 0 saturated carbocycles. The summed E-state index contributed by atoms with van der Waals surface area (Å²) in [5.74, 6) is -0.464. The molecule has 0 unspecified atom stereocenters. The zero-order valence-corrected chi connectivity index (χ0v) is 22.7. The molecule has 0 aliphatic rings. The highest BCUT2D eigenvalue weighted by Gasteiger charge is 2.27. The first kappa shape index (κ1) is 28.3. The number of carbonyl (C=O) groups excluding carboxylic acids is 2.